The second-order valence-electron chi connectivity index (χ2n) is 4.79. The number of hydrogen-bond donors (Lipinski definition) is 1. The first-order valence-electron chi connectivity index (χ1n) is 6.12. The van der Waals surface area contributed by atoms with Gasteiger partial charge in [0.1, 0.15) is 0 Å². The Labute approximate surface area is 111 Å². The summed E-state index contributed by atoms with van der Waals surface area (Å²) in [5.74, 6) is 0.182. The maximum atomic E-state index is 12.2. The van der Waals surface area contributed by atoms with Crippen LogP contribution in [0.1, 0.15) is 48.2 Å². The molecule has 1 aromatic rings. The van der Waals surface area contributed by atoms with Crippen molar-refractivity contribution in [3.8, 4) is 0 Å². The highest BCUT2D eigenvalue weighted by atomic mass is 35.5. The van der Waals surface area contributed by atoms with Crippen LogP contribution in [0.25, 0.3) is 0 Å². The number of halogens is 1. The molecule has 0 atom stereocenters. The Morgan fingerprint density at radius 1 is 1.47 bits per heavy atom. The van der Waals surface area contributed by atoms with Crippen LogP contribution in [0.15, 0.2) is 11.4 Å². The zero-order valence-corrected chi connectivity index (χ0v) is 11.7. The summed E-state index contributed by atoms with van der Waals surface area (Å²) >= 11 is 7.46. The van der Waals surface area contributed by atoms with Gasteiger partial charge in [-0.05, 0) is 31.3 Å². The lowest BCUT2D eigenvalue weighted by Gasteiger charge is -2.36. The Morgan fingerprint density at radius 3 is 2.71 bits per heavy atom. The van der Waals surface area contributed by atoms with Crippen molar-refractivity contribution >= 4 is 28.7 Å². The van der Waals surface area contributed by atoms with E-state index in [-0.39, 0.29) is 11.3 Å². The summed E-state index contributed by atoms with van der Waals surface area (Å²) in [5, 5.41) is 5.85. The molecule has 1 aromatic heterocycles. The van der Waals surface area contributed by atoms with Crippen molar-refractivity contribution in [2.24, 2.45) is 0 Å². The maximum Gasteiger partial charge on any atom is 0.176 e. The van der Waals surface area contributed by atoms with E-state index in [0.717, 1.165) is 12.8 Å². The third kappa shape index (κ3) is 2.90. The highest BCUT2D eigenvalue weighted by molar-refractivity contribution is 7.12. The second-order valence-corrected chi connectivity index (χ2v) is 6.11. The van der Waals surface area contributed by atoms with Crippen molar-refractivity contribution in [3.05, 3.63) is 21.3 Å². The van der Waals surface area contributed by atoms with Crippen LogP contribution in [-0.4, -0.2) is 18.4 Å². The van der Waals surface area contributed by atoms with Crippen LogP contribution >= 0.6 is 22.9 Å². The lowest BCUT2D eigenvalue weighted by Crippen LogP contribution is -2.46. The van der Waals surface area contributed by atoms with Crippen molar-refractivity contribution < 1.29 is 4.79 Å². The average molecular weight is 272 g/mol. The molecule has 1 aliphatic rings. The summed E-state index contributed by atoms with van der Waals surface area (Å²) in [7, 11) is 1.97. The number of nitrogens with one attached hydrogen (secondary N) is 1. The van der Waals surface area contributed by atoms with E-state index >= 15 is 0 Å². The SMILES string of the molecule is CNC1(CC(=O)c2sccc2Cl)CCCCC1. The normalized spacial score (nSPS) is 19.2. The minimum Gasteiger partial charge on any atom is -0.314 e. The predicted octanol–water partition coefficient (Wildman–Crippen LogP) is 3.90. The van der Waals surface area contributed by atoms with Gasteiger partial charge in [-0.25, -0.2) is 0 Å². The largest absolute Gasteiger partial charge is 0.314 e. The molecule has 1 fully saturated rings. The van der Waals surface area contributed by atoms with E-state index in [2.05, 4.69) is 5.32 Å². The van der Waals surface area contributed by atoms with Crippen LogP contribution in [0, 0.1) is 0 Å². The number of carbonyl (C=O) groups excluding carboxylic acids is 1. The molecule has 0 aliphatic heterocycles. The maximum absolute atomic E-state index is 12.2. The zero-order chi connectivity index (χ0) is 12.3. The molecule has 2 rings (SSSR count). The molecule has 0 saturated heterocycles. The van der Waals surface area contributed by atoms with Crippen LogP contribution < -0.4 is 5.32 Å². The molecule has 0 aromatic carbocycles. The van der Waals surface area contributed by atoms with Gasteiger partial charge < -0.3 is 5.32 Å². The third-order valence-electron chi connectivity index (χ3n) is 3.71. The molecule has 2 nitrogen and oxygen atoms in total. The first-order chi connectivity index (χ1) is 8.17. The van der Waals surface area contributed by atoms with Crippen LogP contribution in [0.2, 0.25) is 5.02 Å². The first kappa shape index (κ1) is 13.1. The summed E-state index contributed by atoms with van der Waals surface area (Å²) in [6, 6.07) is 1.80. The van der Waals surface area contributed by atoms with Crippen molar-refractivity contribution in [2.45, 2.75) is 44.1 Å². The molecular formula is C13H18ClNOS. The number of rotatable bonds is 4. The molecular weight excluding hydrogens is 254 g/mol. The lowest BCUT2D eigenvalue weighted by atomic mass is 9.78. The minimum atomic E-state index is 0.00263. The van der Waals surface area contributed by atoms with Crippen LogP contribution in [-0.2, 0) is 0 Å². The van der Waals surface area contributed by atoms with Crippen molar-refractivity contribution in [1.29, 1.82) is 0 Å². The number of hydrogen-bond acceptors (Lipinski definition) is 3. The van der Waals surface area contributed by atoms with E-state index in [1.807, 2.05) is 12.4 Å². The standard InChI is InChI=1S/C13H18ClNOS/c1-15-13(6-3-2-4-7-13)9-11(16)12-10(14)5-8-17-12/h5,8,15H,2-4,6-7,9H2,1H3. The van der Waals surface area contributed by atoms with Crippen molar-refractivity contribution in [3.63, 3.8) is 0 Å². The smallest absolute Gasteiger partial charge is 0.176 e. The van der Waals surface area contributed by atoms with Crippen LogP contribution in [0.3, 0.4) is 0 Å². The van der Waals surface area contributed by atoms with E-state index in [9.17, 15) is 4.79 Å². The Kier molecular flexibility index (Phi) is 4.23. The van der Waals surface area contributed by atoms with Gasteiger partial charge in [-0.2, -0.15) is 0 Å². The zero-order valence-electron chi connectivity index (χ0n) is 10.1. The molecule has 1 saturated carbocycles. The number of Topliss-reactive ketones (excluding diaryl/α,β-unsaturated/α-hetero) is 1. The third-order valence-corrected chi connectivity index (χ3v) is 5.09. The van der Waals surface area contributed by atoms with Gasteiger partial charge in [0.05, 0.1) is 9.90 Å². The van der Waals surface area contributed by atoms with E-state index in [0.29, 0.717) is 16.3 Å². The summed E-state index contributed by atoms with van der Waals surface area (Å²) in [6.45, 7) is 0. The van der Waals surface area contributed by atoms with Crippen molar-refractivity contribution in [2.75, 3.05) is 7.05 Å². The molecule has 0 amide bonds. The molecule has 0 bridgehead atoms. The molecule has 4 heteroatoms. The molecule has 94 valence electrons. The summed E-state index contributed by atoms with van der Waals surface area (Å²) in [6.07, 6.45) is 6.48. The van der Waals surface area contributed by atoms with E-state index in [4.69, 9.17) is 11.6 Å². The second kappa shape index (κ2) is 5.51. The topological polar surface area (TPSA) is 29.1 Å². The molecule has 0 radical (unpaired) electrons. The Balaban J connectivity index is 2.08. The van der Waals surface area contributed by atoms with Gasteiger partial charge in [0.25, 0.3) is 0 Å². The molecule has 0 spiro atoms. The Bertz CT molecular complexity index is 396. The molecule has 1 N–H and O–H groups in total. The van der Waals surface area contributed by atoms with Gasteiger partial charge >= 0.3 is 0 Å². The average Bonchev–Trinajstić information content (AvgIpc) is 2.77. The van der Waals surface area contributed by atoms with Gasteiger partial charge in [0.15, 0.2) is 5.78 Å². The molecule has 17 heavy (non-hydrogen) atoms. The van der Waals surface area contributed by atoms with Crippen LogP contribution in [0.4, 0.5) is 0 Å². The number of carbonyl (C=O) groups is 1. The number of thiophene rings is 1. The highest BCUT2D eigenvalue weighted by Gasteiger charge is 2.33. The van der Waals surface area contributed by atoms with E-state index < -0.39 is 0 Å². The lowest BCUT2D eigenvalue weighted by molar-refractivity contribution is 0.0919. The van der Waals surface area contributed by atoms with Gasteiger partial charge in [-0.15, -0.1) is 11.3 Å². The Hall–Kier alpha value is -0.380. The highest BCUT2D eigenvalue weighted by Crippen LogP contribution is 2.33. The van der Waals surface area contributed by atoms with Gasteiger partial charge in [-0.3, -0.25) is 4.79 Å². The van der Waals surface area contributed by atoms with Crippen molar-refractivity contribution in [1.82, 2.24) is 5.32 Å². The first-order valence-corrected chi connectivity index (χ1v) is 7.38. The molecule has 0 unspecified atom stereocenters. The van der Waals surface area contributed by atoms with Gasteiger partial charge in [0, 0.05) is 12.0 Å². The number of ketones is 1. The quantitative estimate of drug-likeness (QED) is 0.842. The summed E-state index contributed by atoms with van der Waals surface area (Å²) in [4.78, 5) is 13.0. The fourth-order valence-electron chi connectivity index (χ4n) is 2.62. The predicted molar refractivity (Wildman–Crippen MR) is 73.2 cm³/mol. The summed E-state index contributed by atoms with van der Waals surface area (Å²) in [5.41, 5.74) is 0.00263. The van der Waals surface area contributed by atoms with Gasteiger partial charge in [0.2, 0.25) is 0 Å². The fourth-order valence-corrected chi connectivity index (χ4v) is 3.73. The van der Waals surface area contributed by atoms with E-state index in [1.165, 1.54) is 30.6 Å². The van der Waals surface area contributed by atoms with Gasteiger partial charge in [-0.1, -0.05) is 30.9 Å². The molecule has 1 heterocycles. The monoisotopic (exact) mass is 271 g/mol. The fraction of sp³-hybridized carbons (Fsp3) is 0.615. The Morgan fingerprint density at radius 2 is 2.18 bits per heavy atom. The minimum absolute atomic E-state index is 0.00263. The van der Waals surface area contributed by atoms with E-state index in [1.54, 1.807) is 6.07 Å². The summed E-state index contributed by atoms with van der Waals surface area (Å²) < 4.78 is 0. The van der Waals surface area contributed by atoms with Crippen LogP contribution in [0.5, 0.6) is 0 Å². The molecule has 1 aliphatic carbocycles.